The number of allylic oxidation sites excluding steroid dienone is 1. The number of amides is 1. The van der Waals surface area contributed by atoms with E-state index in [0.717, 1.165) is 10.8 Å². The van der Waals surface area contributed by atoms with Gasteiger partial charge in [0.25, 0.3) is 5.91 Å². The Kier molecular flexibility index (Phi) is 7.03. The van der Waals surface area contributed by atoms with Crippen molar-refractivity contribution in [2.75, 3.05) is 13.1 Å². The molecule has 1 aliphatic rings. The lowest BCUT2D eigenvalue weighted by Gasteiger charge is -2.36. The number of para-hydroxylation sites is 1. The number of hydrogen-bond acceptors (Lipinski definition) is 6. The first kappa shape index (κ1) is 25.3. The highest BCUT2D eigenvalue weighted by Crippen LogP contribution is 2.29. The largest absolute Gasteiger partial charge is 0.392 e. The number of piperidine rings is 1. The van der Waals surface area contributed by atoms with Crippen molar-refractivity contribution in [1.29, 1.82) is 0 Å². The highest BCUT2D eigenvalue weighted by atomic mass is 32.2. The maximum atomic E-state index is 13.0. The monoisotopic (exact) mass is 524 g/mol. The van der Waals surface area contributed by atoms with Crippen LogP contribution in [0.5, 0.6) is 0 Å². The SMILES string of the molecule is O=C(c1ccc(CS(=O)(=O)c2cccc3scnc23)cc1)N1CCC(O)(/C=C/CC(F)(F)F)CC1. The van der Waals surface area contributed by atoms with Gasteiger partial charge in [-0.15, -0.1) is 11.3 Å². The van der Waals surface area contributed by atoms with Gasteiger partial charge in [0.1, 0.15) is 0 Å². The molecule has 11 heteroatoms. The number of alkyl halides is 3. The second-order valence-corrected chi connectivity index (χ2v) is 11.4. The average molecular weight is 525 g/mol. The van der Waals surface area contributed by atoms with Crippen molar-refractivity contribution in [3.05, 3.63) is 71.3 Å². The van der Waals surface area contributed by atoms with E-state index < -0.39 is 28.0 Å². The Bertz CT molecular complexity index is 1340. The Labute approximate surface area is 204 Å². The number of aliphatic hydroxyl groups is 1. The minimum Gasteiger partial charge on any atom is -0.386 e. The van der Waals surface area contributed by atoms with Gasteiger partial charge in [-0.25, -0.2) is 13.4 Å². The molecule has 35 heavy (non-hydrogen) atoms. The van der Waals surface area contributed by atoms with Gasteiger partial charge in [0.2, 0.25) is 0 Å². The van der Waals surface area contributed by atoms with E-state index in [-0.39, 0.29) is 42.5 Å². The Morgan fingerprint density at radius 2 is 1.83 bits per heavy atom. The predicted molar refractivity (Wildman–Crippen MR) is 127 cm³/mol. The van der Waals surface area contributed by atoms with Gasteiger partial charge in [0.15, 0.2) is 9.84 Å². The molecule has 0 bridgehead atoms. The van der Waals surface area contributed by atoms with E-state index in [0.29, 0.717) is 16.6 Å². The highest BCUT2D eigenvalue weighted by Gasteiger charge is 2.33. The summed E-state index contributed by atoms with van der Waals surface area (Å²) in [5.41, 5.74) is 1.56. The molecule has 3 aromatic rings. The number of carbonyl (C=O) groups is 1. The van der Waals surface area contributed by atoms with Gasteiger partial charge in [-0.05, 0) is 42.7 Å². The van der Waals surface area contributed by atoms with Crippen LogP contribution in [-0.2, 0) is 15.6 Å². The summed E-state index contributed by atoms with van der Waals surface area (Å²) >= 11 is 1.36. The van der Waals surface area contributed by atoms with Gasteiger partial charge >= 0.3 is 6.18 Å². The van der Waals surface area contributed by atoms with Crippen molar-refractivity contribution < 1.29 is 31.5 Å². The fourth-order valence-corrected chi connectivity index (χ4v) is 6.31. The Balaban J connectivity index is 1.38. The van der Waals surface area contributed by atoms with Gasteiger partial charge in [-0.2, -0.15) is 13.2 Å². The molecule has 1 saturated heterocycles. The van der Waals surface area contributed by atoms with Crippen molar-refractivity contribution in [3.8, 4) is 0 Å². The molecule has 2 heterocycles. The molecule has 1 amide bonds. The fourth-order valence-electron chi connectivity index (χ4n) is 4.01. The molecule has 1 aromatic heterocycles. The molecule has 1 fully saturated rings. The van der Waals surface area contributed by atoms with Crippen LogP contribution in [0.25, 0.3) is 10.2 Å². The van der Waals surface area contributed by atoms with E-state index in [2.05, 4.69) is 4.98 Å². The summed E-state index contributed by atoms with van der Waals surface area (Å²) in [6, 6.07) is 11.3. The van der Waals surface area contributed by atoms with Crippen LogP contribution in [0.1, 0.15) is 35.2 Å². The first-order valence-corrected chi connectivity index (χ1v) is 13.4. The standard InChI is InChI=1S/C24H23F3N2O4S2/c25-24(26,27)10-2-9-23(31)11-13-29(14-12-23)22(30)18-7-5-17(6-8-18)15-35(32,33)20-4-1-3-19-21(20)28-16-34-19/h1-9,16,31H,10-15H2/b9-2+. The van der Waals surface area contributed by atoms with Crippen LogP contribution in [0, 0.1) is 0 Å². The summed E-state index contributed by atoms with van der Waals surface area (Å²) in [5, 5.41) is 10.5. The lowest BCUT2D eigenvalue weighted by Crippen LogP contribution is -2.45. The molecule has 0 aliphatic carbocycles. The second kappa shape index (κ2) is 9.71. The van der Waals surface area contributed by atoms with Crippen molar-refractivity contribution >= 4 is 37.3 Å². The molecule has 2 aromatic carbocycles. The third kappa shape index (κ3) is 6.09. The van der Waals surface area contributed by atoms with E-state index in [1.54, 1.807) is 35.8 Å². The molecule has 4 rings (SSSR count). The van der Waals surface area contributed by atoms with Crippen LogP contribution in [0.2, 0.25) is 0 Å². The van der Waals surface area contributed by atoms with Gasteiger partial charge < -0.3 is 10.0 Å². The molecule has 0 atom stereocenters. The van der Waals surface area contributed by atoms with Crippen molar-refractivity contribution in [2.24, 2.45) is 0 Å². The van der Waals surface area contributed by atoms with Crippen LogP contribution < -0.4 is 0 Å². The topological polar surface area (TPSA) is 87.6 Å². The van der Waals surface area contributed by atoms with Gasteiger partial charge in [-0.1, -0.05) is 30.4 Å². The summed E-state index contributed by atoms with van der Waals surface area (Å²) in [6.07, 6.45) is -3.10. The zero-order valence-electron chi connectivity index (χ0n) is 18.5. The fraction of sp³-hybridized carbons (Fsp3) is 0.333. The van der Waals surface area contributed by atoms with Crippen molar-refractivity contribution in [2.45, 2.75) is 41.7 Å². The smallest absolute Gasteiger partial charge is 0.386 e. The zero-order valence-corrected chi connectivity index (χ0v) is 20.2. The molecular formula is C24H23F3N2O4S2. The quantitative estimate of drug-likeness (QED) is 0.471. The van der Waals surface area contributed by atoms with Gasteiger partial charge in [-0.3, -0.25) is 4.79 Å². The molecule has 6 nitrogen and oxygen atoms in total. The van der Waals surface area contributed by atoms with E-state index in [4.69, 9.17) is 0 Å². The number of thiazole rings is 1. The Morgan fingerprint density at radius 1 is 1.14 bits per heavy atom. The maximum Gasteiger partial charge on any atom is 0.392 e. The summed E-state index contributed by atoms with van der Waals surface area (Å²) in [7, 11) is -3.65. The zero-order chi connectivity index (χ0) is 25.3. The number of benzene rings is 2. The Hall–Kier alpha value is -2.76. The minimum atomic E-state index is -4.33. The molecule has 0 radical (unpaired) electrons. The molecular weight excluding hydrogens is 501 g/mol. The molecule has 1 N–H and O–H groups in total. The van der Waals surface area contributed by atoms with Crippen LogP contribution >= 0.6 is 11.3 Å². The van der Waals surface area contributed by atoms with Crippen molar-refractivity contribution in [3.63, 3.8) is 0 Å². The first-order valence-electron chi connectivity index (χ1n) is 10.9. The van der Waals surface area contributed by atoms with E-state index in [1.165, 1.54) is 28.4 Å². The van der Waals surface area contributed by atoms with Gasteiger partial charge in [0.05, 0.1) is 38.4 Å². The van der Waals surface area contributed by atoms with E-state index >= 15 is 0 Å². The molecule has 0 spiro atoms. The molecule has 186 valence electrons. The number of carbonyl (C=O) groups excluding carboxylic acids is 1. The summed E-state index contributed by atoms with van der Waals surface area (Å²) < 4.78 is 63.7. The normalized spacial score (nSPS) is 16.7. The molecule has 1 aliphatic heterocycles. The third-order valence-electron chi connectivity index (χ3n) is 5.91. The number of likely N-dealkylation sites (tertiary alicyclic amines) is 1. The lowest BCUT2D eigenvalue weighted by atomic mass is 9.90. The Morgan fingerprint density at radius 3 is 2.49 bits per heavy atom. The number of fused-ring (bicyclic) bond motifs is 1. The first-order chi connectivity index (χ1) is 16.5. The van der Waals surface area contributed by atoms with Crippen LogP contribution in [0.3, 0.4) is 0 Å². The number of rotatable bonds is 6. The van der Waals surface area contributed by atoms with Crippen LogP contribution in [0.4, 0.5) is 13.2 Å². The number of aromatic nitrogens is 1. The van der Waals surface area contributed by atoms with E-state index in [9.17, 15) is 31.5 Å². The summed E-state index contributed by atoms with van der Waals surface area (Å²) in [6.45, 7) is 0.388. The lowest BCUT2D eigenvalue weighted by molar-refractivity contribution is -0.125. The second-order valence-electron chi connectivity index (χ2n) is 8.53. The van der Waals surface area contributed by atoms with E-state index in [1.807, 2.05) is 6.07 Å². The molecule has 0 saturated carbocycles. The number of sulfone groups is 1. The number of halogens is 3. The summed E-state index contributed by atoms with van der Waals surface area (Å²) in [4.78, 5) is 18.7. The van der Waals surface area contributed by atoms with Crippen molar-refractivity contribution in [1.82, 2.24) is 9.88 Å². The number of hydrogen-bond donors (Lipinski definition) is 1. The molecule has 0 unspecified atom stereocenters. The predicted octanol–water partition coefficient (Wildman–Crippen LogP) is 4.75. The minimum absolute atomic E-state index is 0.131. The highest BCUT2D eigenvalue weighted by molar-refractivity contribution is 7.90. The maximum absolute atomic E-state index is 13.0. The van der Waals surface area contributed by atoms with Crippen LogP contribution in [0.15, 0.2) is 65.0 Å². The third-order valence-corrected chi connectivity index (χ3v) is 8.42. The van der Waals surface area contributed by atoms with Gasteiger partial charge in [0, 0.05) is 18.7 Å². The summed E-state index contributed by atoms with van der Waals surface area (Å²) in [5.74, 6) is -0.521. The average Bonchev–Trinajstić information content (AvgIpc) is 3.27. The number of nitrogens with zero attached hydrogens (tertiary/aromatic N) is 2. The van der Waals surface area contributed by atoms with Crippen LogP contribution in [-0.4, -0.2) is 54.2 Å².